The van der Waals surface area contributed by atoms with Gasteiger partial charge in [-0.15, -0.1) is 0 Å². The zero-order chi connectivity index (χ0) is 18.7. The smallest absolute Gasteiger partial charge is 0.316 e. The van der Waals surface area contributed by atoms with Gasteiger partial charge in [0.05, 0.1) is 11.0 Å². The minimum Gasteiger partial charge on any atom is -0.376 e. The molecule has 26 heavy (non-hydrogen) atoms. The number of ether oxygens (including phenoxy) is 1. The highest BCUT2D eigenvalue weighted by molar-refractivity contribution is 7.89. The van der Waals surface area contributed by atoms with Gasteiger partial charge in [-0.2, -0.15) is 4.98 Å². The maximum absolute atomic E-state index is 12.1. The Morgan fingerprint density at radius 3 is 2.65 bits per heavy atom. The predicted molar refractivity (Wildman–Crippen MR) is 91.9 cm³/mol. The van der Waals surface area contributed by atoms with E-state index in [0.717, 1.165) is 17.1 Å². The van der Waals surface area contributed by atoms with Crippen molar-refractivity contribution in [2.45, 2.75) is 23.8 Å². The first-order valence-electron chi connectivity index (χ1n) is 8.14. The van der Waals surface area contributed by atoms with Crippen molar-refractivity contribution in [3.63, 3.8) is 0 Å². The van der Waals surface area contributed by atoms with Gasteiger partial charge >= 0.3 is 11.8 Å². The Hall–Kier alpha value is -2.30. The van der Waals surface area contributed by atoms with Crippen molar-refractivity contribution in [3.05, 3.63) is 30.2 Å². The van der Waals surface area contributed by atoms with Crippen LogP contribution in [0.1, 0.15) is 23.5 Å². The lowest BCUT2D eigenvalue weighted by atomic mass is 10.2. The third kappa shape index (κ3) is 3.92. The number of amides is 1. The molecule has 3 rings (SSSR count). The van der Waals surface area contributed by atoms with Crippen molar-refractivity contribution >= 4 is 15.9 Å². The van der Waals surface area contributed by atoms with Gasteiger partial charge in [0.1, 0.15) is 0 Å². The highest BCUT2D eigenvalue weighted by atomic mass is 32.2. The number of hydrogen-bond donors (Lipinski definition) is 1. The highest BCUT2D eigenvalue weighted by Crippen LogP contribution is 2.20. The molecule has 0 radical (unpaired) electrons. The summed E-state index contributed by atoms with van der Waals surface area (Å²) in [6, 6.07) is 6.04. The second-order valence-corrected chi connectivity index (χ2v) is 8.23. The minimum absolute atomic E-state index is 0.0209. The van der Waals surface area contributed by atoms with Gasteiger partial charge in [-0.25, -0.2) is 12.7 Å². The summed E-state index contributed by atoms with van der Waals surface area (Å²) in [4.78, 5) is 16.3. The molecule has 0 saturated carbocycles. The van der Waals surface area contributed by atoms with Gasteiger partial charge in [-0.1, -0.05) is 5.16 Å². The first kappa shape index (κ1) is 18.5. The number of nitrogens with one attached hydrogen (secondary N) is 1. The number of sulfonamides is 1. The molecule has 0 bridgehead atoms. The number of rotatable bonds is 6. The molecule has 2 aromatic rings. The van der Waals surface area contributed by atoms with Crippen LogP contribution in [0.2, 0.25) is 0 Å². The lowest BCUT2D eigenvalue weighted by Crippen LogP contribution is -2.31. The Balaban J connectivity index is 1.68. The number of aromatic nitrogens is 2. The summed E-state index contributed by atoms with van der Waals surface area (Å²) in [5, 5.41) is 6.48. The quantitative estimate of drug-likeness (QED) is 0.791. The maximum Gasteiger partial charge on any atom is 0.316 e. The van der Waals surface area contributed by atoms with Crippen LogP contribution in [-0.2, 0) is 14.8 Å². The van der Waals surface area contributed by atoms with E-state index >= 15 is 0 Å². The lowest BCUT2D eigenvalue weighted by Gasteiger charge is -2.11. The van der Waals surface area contributed by atoms with Crippen LogP contribution in [-0.4, -0.2) is 62.1 Å². The number of nitrogens with zero attached hydrogens (tertiary/aromatic N) is 3. The van der Waals surface area contributed by atoms with E-state index in [1.807, 2.05) is 0 Å². The molecule has 1 aliphatic heterocycles. The van der Waals surface area contributed by atoms with Crippen LogP contribution < -0.4 is 5.32 Å². The first-order chi connectivity index (χ1) is 12.4. The SMILES string of the molecule is CN(C)S(=O)(=O)c1ccc(-c2noc(C(=O)NC[C@@H]3CCCO3)n2)cc1. The third-order valence-electron chi connectivity index (χ3n) is 4.03. The minimum atomic E-state index is -3.51. The summed E-state index contributed by atoms with van der Waals surface area (Å²) in [6.45, 7) is 1.11. The second-order valence-electron chi connectivity index (χ2n) is 6.08. The molecular weight excluding hydrogens is 360 g/mol. The van der Waals surface area contributed by atoms with Crippen LogP contribution >= 0.6 is 0 Å². The molecule has 9 nitrogen and oxygen atoms in total. The molecule has 1 N–H and O–H groups in total. The molecule has 1 saturated heterocycles. The van der Waals surface area contributed by atoms with Gasteiger partial charge in [-0.05, 0) is 37.1 Å². The third-order valence-corrected chi connectivity index (χ3v) is 5.85. The van der Waals surface area contributed by atoms with Crippen molar-refractivity contribution < 1.29 is 22.5 Å². The van der Waals surface area contributed by atoms with E-state index in [9.17, 15) is 13.2 Å². The molecule has 1 aliphatic rings. The van der Waals surface area contributed by atoms with E-state index in [0.29, 0.717) is 18.7 Å². The van der Waals surface area contributed by atoms with E-state index in [2.05, 4.69) is 15.5 Å². The van der Waals surface area contributed by atoms with Crippen molar-refractivity contribution in [2.75, 3.05) is 27.2 Å². The fourth-order valence-corrected chi connectivity index (χ4v) is 3.41. The van der Waals surface area contributed by atoms with Crippen molar-refractivity contribution in [2.24, 2.45) is 0 Å². The van der Waals surface area contributed by atoms with Crippen molar-refractivity contribution in [3.8, 4) is 11.4 Å². The van der Waals surface area contributed by atoms with Crippen molar-refractivity contribution in [1.29, 1.82) is 0 Å². The molecule has 1 aromatic carbocycles. The Morgan fingerprint density at radius 1 is 1.31 bits per heavy atom. The van der Waals surface area contributed by atoms with Crippen LogP contribution in [0.15, 0.2) is 33.7 Å². The number of hydrogen-bond acceptors (Lipinski definition) is 7. The lowest BCUT2D eigenvalue weighted by molar-refractivity contribution is 0.0822. The second kappa shape index (κ2) is 7.52. The van der Waals surface area contributed by atoms with Crippen LogP contribution in [0.5, 0.6) is 0 Å². The molecule has 2 heterocycles. The zero-order valence-corrected chi connectivity index (χ0v) is 15.3. The van der Waals surface area contributed by atoms with Gasteiger partial charge < -0.3 is 14.6 Å². The van der Waals surface area contributed by atoms with Crippen LogP contribution in [0.25, 0.3) is 11.4 Å². The van der Waals surface area contributed by atoms with E-state index in [-0.39, 0.29) is 22.7 Å². The topological polar surface area (TPSA) is 115 Å². The van der Waals surface area contributed by atoms with E-state index in [1.54, 1.807) is 12.1 Å². The number of benzene rings is 1. The Morgan fingerprint density at radius 2 is 2.04 bits per heavy atom. The molecule has 140 valence electrons. The standard InChI is InChI=1S/C16H20N4O5S/c1-20(2)26(22,23)13-7-5-11(6-8-13)14-18-16(25-19-14)15(21)17-10-12-4-3-9-24-12/h5-8,12H,3-4,9-10H2,1-2H3,(H,17,21)/t12-/m0/s1. The molecule has 10 heteroatoms. The maximum atomic E-state index is 12.1. The summed E-state index contributed by atoms with van der Waals surface area (Å²) < 4.78 is 35.7. The largest absolute Gasteiger partial charge is 0.376 e. The summed E-state index contributed by atoms with van der Waals surface area (Å²) in [5.41, 5.74) is 0.546. The summed E-state index contributed by atoms with van der Waals surface area (Å²) >= 11 is 0. The Kier molecular flexibility index (Phi) is 5.35. The monoisotopic (exact) mass is 380 g/mol. The molecule has 1 amide bonds. The van der Waals surface area contributed by atoms with Crippen LogP contribution in [0.3, 0.4) is 0 Å². The number of carbonyl (C=O) groups is 1. The molecule has 1 fully saturated rings. The molecule has 1 atom stereocenters. The van der Waals surface area contributed by atoms with Gasteiger partial charge in [0.15, 0.2) is 0 Å². The fourth-order valence-electron chi connectivity index (χ4n) is 2.51. The van der Waals surface area contributed by atoms with Crippen LogP contribution in [0, 0.1) is 0 Å². The van der Waals surface area contributed by atoms with Gasteiger partial charge in [0.25, 0.3) is 0 Å². The molecule has 1 aromatic heterocycles. The molecule has 0 aliphatic carbocycles. The first-order valence-corrected chi connectivity index (χ1v) is 9.58. The zero-order valence-electron chi connectivity index (χ0n) is 14.5. The average molecular weight is 380 g/mol. The Labute approximate surface area is 151 Å². The number of carbonyl (C=O) groups excluding carboxylic acids is 1. The summed E-state index contributed by atoms with van der Waals surface area (Å²) in [6.07, 6.45) is 1.93. The van der Waals surface area contributed by atoms with E-state index < -0.39 is 15.9 Å². The van der Waals surface area contributed by atoms with E-state index in [1.165, 1.54) is 26.2 Å². The predicted octanol–water partition coefficient (Wildman–Crippen LogP) is 0.896. The van der Waals surface area contributed by atoms with Gasteiger partial charge in [0.2, 0.25) is 15.8 Å². The normalized spacial score (nSPS) is 17.6. The Bertz CT molecular complexity index is 870. The molecule has 0 spiro atoms. The summed E-state index contributed by atoms with van der Waals surface area (Å²) in [7, 11) is -0.582. The molecule has 0 unspecified atom stereocenters. The summed E-state index contributed by atoms with van der Waals surface area (Å²) in [5.74, 6) is -0.407. The van der Waals surface area contributed by atoms with E-state index in [4.69, 9.17) is 9.26 Å². The van der Waals surface area contributed by atoms with Gasteiger partial charge in [0, 0.05) is 32.8 Å². The highest BCUT2D eigenvalue weighted by Gasteiger charge is 2.21. The van der Waals surface area contributed by atoms with Crippen molar-refractivity contribution in [1.82, 2.24) is 19.8 Å². The van der Waals surface area contributed by atoms with Crippen LogP contribution in [0.4, 0.5) is 0 Å². The van der Waals surface area contributed by atoms with Gasteiger partial charge in [-0.3, -0.25) is 4.79 Å². The average Bonchev–Trinajstić information content (AvgIpc) is 3.31. The fraction of sp³-hybridized carbons (Fsp3) is 0.438. The molecular formula is C16H20N4O5S.